The summed E-state index contributed by atoms with van der Waals surface area (Å²) in [6.45, 7) is 3.92. The maximum absolute atomic E-state index is 11.0. The third-order valence-corrected chi connectivity index (χ3v) is 4.32. The predicted octanol–water partition coefficient (Wildman–Crippen LogP) is 2.09. The molecule has 0 saturated carbocycles. The van der Waals surface area contributed by atoms with Crippen molar-refractivity contribution in [3.05, 3.63) is 46.3 Å². The van der Waals surface area contributed by atoms with E-state index < -0.39 is 10.5 Å². The minimum atomic E-state index is -0.485. The van der Waals surface area contributed by atoms with Crippen molar-refractivity contribution in [2.45, 2.75) is 12.5 Å². The van der Waals surface area contributed by atoms with Gasteiger partial charge in [0, 0.05) is 43.2 Å². The summed E-state index contributed by atoms with van der Waals surface area (Å²) >= 11 is 0. The van der Waals surface area contributed by atoms with E-state index in [2.05, 4.69) is 10.00 Å². The minimum Gasteiger partial charge on any atom is -0.490 e. The van der Waals surface area contributed by atoms with Gasteiger partial charge in [0.05, 0.1) is 31.4 Å². The lowest BCUT2D eigenvalue weighted by Crippen LogP contribution is -2.48. The molecule has 0 radical (unpaired) electrons. The van der Waals surface area contributed by atoms with Crippen LogP contribution in [0.1, 0.15) is 12.5 Å². The molecule has 1 aliphatic rings. The van der Waals surface area contributed by atoms with Crippen LogP contribution in [0.15, 0.2) is 30.6 Å². The Morgan fingerprint density at radius 3 is 2.88 bits per heavy atom. The normalized spacial score (nSPS) is 20.9. The number of methoxy groups -OCH3 is 1. The molecule has 1 aliphatic heterocycles. The number of aryl methyl sites for hydroxylation is 1. The molecule has 0 bridgehead atoms. The number of nitrogens with zero attached hydrogens (tertiary/aromatic N) is 4. The van der Waals surface area contributed by atoms with Gasteiger partial charge in [-0.05, 0) is 13.0 Å². The van der Waals surface area contributed by atoms with Crippen LogP contribution in [-0.2, 0) is 17.4 Å². The highest BCUT2D eigenvalue weighted by molar-refractivity contribution is 5.59. The molecular formula is C16H20N4O4. The zero-order valence-electron chi connectivity index (χ0n) is 13.9. The molecule has 1 fully saturated rings. The third-order valence-electron chi connectivity index (χ3n) is 4.32. The van der Waals surface area contributed by atoms with Gasteiger partial charge < -0.3 is 14.4 Å². The highest BCUT2D eigenvalue weighted by atomic mass is 16.6. The SMILES string of the molecule is COc1cc(N2CCOC(C)(c3cnn(C)c3)C2)ccc1[N+](=O)[O-]. The van der Waals surface area contributed by atoms with Crippen molar-refractivity contribution in [3.8, 4) is 5.75 Å². The van der Waals surface area contributed by atoms with Crippen molar-refractivity contribution in [3.63, 3.8) is 0 Å². The van der Waals surface area contributed by atoms with Gasteiger partial charge in [-0.2, -0.15) is 5.10 Å². The number of hydrogen-bond acceptors (Lipinski definition) is 6. The van der Waals surface area contributed by atoms with E-state index in [1.54, 1.807) is 23.0 Å². The van der Waals surface area contributed by atoms with Crippen LogP contribution >= 0.6 is 0 Å². The number of ether oxygens (including phenoxy) is 2. The zero-order valence-corrected chi connectivity index (χ0v) is 13.9. The molecule has 1 saturated heterocycles. The van der Waals surface area contributed by atoms with E-state index in [1.807, 2.05) is 20.2 Å². The molecule has 128 valence electrons. The smallest absolute Gasteiger partial charge is 0.311 e. The lowest BCUT2D eigenvalue weighted by atomic mass is 9.96. The number of hydrogen-bond donors (Lipinski definition) is 0. The first-order valence-corrected chi connectivity index (χ1v) is 7.63. The predicted molar refractivity (Wildman–Crippen MR) is 88.4 cm³/mol. The third kappa shape index (κ3) is 2.92. The maximum Gasteiger partial charge on any atom is 0.311 e. The van der Waals surface area contributed by atoms with Gasteiger partial charge in [0.1, 0.15) is 5.60 Å². The molecule has 0 spiro atoms. The van der Waals surface area contributed by atoms with E-state index in [0.717, 1.165) is 11.3 Å². The van der Waals surface area contributed by atoms with E-state index in [9.17, 15) is 10.1 Å². The molecule has 0 aliphatic carbocycles. The molecule has 1 aromatic carbocycles. The first-order valence-electron chi connectivity index (χ1n) is 7.63. The topological polar surface area (TPSA) is 82.7 Å². The van der Waals surface area contributed by atoms with Gasteiger partial charge in [-0.3, -0.25) is 14.8 Å². The number of nitro benzene ring substituents is 1. The summed E-state index contributed by atoms with van der Waals surface area (Å²) < 4.78 is 12.9. The summed E-state index contributed by atoms with van der Waals surface area (Å²) in [5.41, 5.74) is 1.35. The van der Waals surface area contributed by atoms with E-state index in [1.165, 1.54) is 13.2 Å². The fourth-order valence-corrected chi connectivity index (χ4v) is 2.97. The Balaban J connectivity index is 1.88. The van der Waals surface area contributed by atoms with Crippen molar-refractivity contribution >= 4 is 11.4 Å². The molecule has 24 heavy (non-hydrogen) atoms. The van der Waals surface area contributed by atoms with Crippen LogP contribution in [0.4, 0.5) is 11.4 Å². The highest BCUT2D eigenvalue weighted by Gasteiger charge is 2.35. The number of morpholine rings is 1. The monoisotopic (exact) mass is 332 g/mol. The molecule has 1 aromatic heterocycles. The Hall–Kier alpha value is -2.61. The van der Waals surface area contributed by atoms with Crippen molar-refractivity contribution in [1.82, 2.24) is 9.78 Å². The van der Waals surface area contributed by atoms with Crippen molar-refractivity contribution in [2.75, 3.05) is 31.7 Å². The number of benzene rings is 1. The first-order chi connectivity index (χ1) is 11.4. The minimum absolute atomic E-state index is 0.0375. The Kier molecular flexibility index (Phi) is 4.15. The van der Waals surface area contributed by atoms with Crippen LogP contribution in [0, 0.1) is 10.1 Å². The number of rotatable bonds is 4. The molecule has 8 nitrogen and oxygen atoms in total. The Morgan fingerprint density at radius 2 is 2.25 bits per heavy atom. The maximum atomic E-state index is 11.0. The van der Waals surface area contributed by atoms with Crippen LogP contribution in [-0.4, -0.2) is 41.5 Å². The van der Waals surface area contributed by atoms with Crippen molar-refractivity contribution in [2.24, 2.45) is 7.05 Å². The molecule has 2 heterocycles. The van der Waals surface area contributed by atoms with Gasteiger partial charge >= 0.3 is 5.69 Å². The van der Waals surface area contributed by atoms with Crippen LogP contribution < -0.4 is 9.64 Å². The van der Waals surface area contributed by atoms with E-state index in [4.69, 9.17) is 9.47 Å². The largest absolute Gasteiger partial charge is 0.490 e. The molecule has 1 atom stereocenters. The number of aromatic nitrogens is 2. The quantitative estimate of drug-likeness (QED) is 0.630. The van der Waals surface area contributed by atoms with Gasteiger partial charge in [-0.25, -0.2) is 0 Å². The Morgan fingerprint density at radius 1 is 1.46 bits per heavy atom. The van der Waals surface area contributed by atoms with Gasteiger partial charge in [-0.15, -0.1) is 0 Å². The number of anilines is 1. The van der Waals surface area contributed by atoms with Crippen LogP contribution in [0.5, 0.6) is 5.75 Å². The van der Waals surface area contributed by atoms with E-state index >= 15 is 0 Å². The fourth-order valence-electron chi connectivity index (χ4n) is 2.97. The Bertz CT molecular complexity index is 760. The molecule has 2 aromatic rings. The van der Waals surface area contributed by atoms with E-state index in [-0.39, 0.29) is 11.4 Å². The lowest BCUT2D eigenvalue weighted by Gasteiger charge is -2.41. The number of nitro groups is 1. The first kappa shape index (κ1) is 16.3. The lowest BCUT2D eigenvalue weighted by molar-refractivity contribution is -0.385. The molecular weight excluding hydrogens is 312 g/mol. The van der Waals surface area contributed by atoms with E-state index in [0.29, 0.717) is 19.7 Å². The fraction of sp³-hybridized carbons (Fsp3) is 0.438. The van der Waals surface area contributed by atoms with Crippen molar-refractivity contribution < 1.29 is 14.4 Å². The summed E-state index contributed by atoms with van der Waals surface area (Å²) in [5, 5.41) is 15.3. The van der Waals surface area contributed by atoms with Crippen molar-refractivity contribution in [1.29, 1.82) is 0 Å². The van der Waals surface area contributed by atoms with Crippen LogP contribution in [0.25, 0.3) is 0 Å². The molecule has 1 unspecified atom stereocenters. The molecule has 0 amide bonds. The van der Waals surface area contributed by atoms with Crippen LogP contribution in [0.2, 0.25) is 0 Å². The average molecular weight is 332 g/mol. The summed E-state index contributed by atoms with van der Waals surface area (Å²) in [6, 6.07) is 4.92. The summed E-state index contributed by atoms with van der Waals surface area (Å²) in [4.78, 5) is 12.7. The van der Waals surface area contributed by atoms with Crippen LogP contribution in [0.3, 0.4) is 0 Å². The Labute approximate surface area is 139 Å². The average Bonchev–Trinajstić information content (AvgIpc) is 3.01. The molecule has 3 rings (SSSR count). The molecule has 8 heteroatoms. The highest BCUT2D eigenvalue weighted by Crippen LogP contribution is 2.35. The van der Waals surface area contributed by atoms with Gasteiger partial charge in [-0.1, -0.05) is 0 Å². The summed E-state index contributed by atoms with van der Waals surface area (Å²) in [7, 11) is 3.31. The second kappa shape index (κ2) is 6.12. The van der Waals surface area contributed by atoms with Gasteiger partial charge in [0.25, 0.3) is 0 Å². The molecule has 0 N–H and O–H groups in total. The zero-order chi connectivity index (χ0) is 17.3. The standard InChI is InChI=1S/C16H20N4O4/c1-16(12-9-17-18(2)10-12)11-19(6-7-24-16)13-4-5-14(20(21)22)15(8-13)23-3/h4-5,8-10H,6-7,11H2,1-3H3. The summed E-state index contributed by atoms with van der Waals surface area (Å²) in [6.07, 6.45) is 3.75. The van der Waals surface area contributed by atoms with Gasteiger partial charge in [0.2, 0.25) is 0 Å². The summed E-state index contributed by atoms with van der Waals surface area (Å²) in [5.74, 6) is 0.257. The van der Waals surface area contributed by atoms with Gasteiger partial charge in [0.15, 0.2) is 5.75 Å². The second-order valence-corrected chi connectivity index (χ2v) is 6.02. The second-order valence-electron chi connectivity index (χ2n) is 6.02.